The average Bonchev–Trinajstić information content (AvgIpc) is 2.04. The standard InChI is InChI=1S/C8H10F2N2/c1-5(11)7-4-6(8(9)10)2-3-12-7/h2-5,8H,11H2,1H3/t5-/m1/s1. The van der Waals surface area contributed by atoms with Crippen LogP contribution in [0.5, 0.6) is 0 Å². The van der Waals surface area contributed by atoms with Crippen molar-refractivity contribution >= 4 is 0 Å². The van der Waals surface area contributed by atoms with Gasteiger partial charge in [0.05, 0.1) is 5.69 Å². The summed E-state index contributed by atoms with van der Waals surface area (Å²) < 4.78 is 24.3. The Bertz CT molecular complexity index is 238. The number of nitrogens with zero attached hydrogens (tertiary/aromatic N) is 1. The number of halogens is 2. The van der Waals surface area contributed by atoms with Crippen molar-refractivity contribution in [3.63, 3.8) is 0 Å². The lowest BCUT2D eigenvalue weighted by atomic mass is 10.1. The molecule has 2 N–H and O–H groups in total. The van der Waals surface area contributed by atoms with Gasteiger partial charge in [0.15, 0.2) is 0 Å². The third kappa shape index (κ3) is 1.98. The van der Waals surface area contributed by atoms with E-state index in [9.17, 15) is 8.78 Å². The zero-order valence-electron chi connectivity index (χ0n) is 6.67. The van der Waals surface area contributed by atoms with E-state index in [1.54, 1.807) is 6.92 Å². The number of nitrogens with two attached hydrogens (primary N) is 1. The van der Waals surface area contributed by atoms with E-state index in [4.69, 9.17) is 5.73 Å². The Morgan fingerprint density at radius 1 is 1.50 bits per heavy atom. The van der Waals surface area contributed by atoms with Gasteiger partial charge < -0.3 is 5.73 Å². The van der Waals surface area contributed by atoms with Crippen LogP contribution in [0.2, 0.25) is 0 Å². The quantitative estimate of drug-likeness (QED) is 0.741. The zero-order chi connectivity index (χ0) is 9.14. The van der Waals surface area contributed by atoms with Crippen LogP contribution in [-0.4, -0.2) is 4.98 Å². The van der Waals surface area contributed by atoms with Crippen LogP contribution in [0.4, 0.5) is 8.78 Å². The molecule has 0 amide bonds. The third-order valence-corrected chi connectivity index (χ3v) is 1.52. The molecule has 1 heterocycles. The van der Waals surface area contributed by atoms with Crippen LogP contribution in [0.15, 0.2) is 18.3 Å². The van der Waals surface area contributed by atoms with Gasteiger partial charge in [-0.1, -0.05) is 0 Å². The van der Waals surface area contributed by atoms with Crippen molar-refractivity contribution in [1.82, 2.24) is 4.98 Å². The van der Waals surface area contributed by atoms with Crippen LogP contribution < -0.4 is 5.73 Å². The lowest BCUT2D eigenvalue weighted by molar-refractivity contribution is 0.151. The van der Waals surface area contributed by atoms with Crippen molar-refractivity contribution in [2.45, 2.75) is 19.4 Å². The number of hydrogen-bond donors (Lipinski definition) is 1. The van der Waals surface area contributed by atoms with Crippen molar-refractivity contribution in [3.05, 3.63) is 29.6 Å². The molecule has 0 bridgehead atoms. The average molecular weight is 172 g/mol. The summed E-state index contributed by atoms with van der Waals surface area (Å²) in [5, 5.41) is 0. The molecule has 0 aliphatic heterocycles. The van der Waals surface area contributed by atoms with Gasteiger partial charge in [0.2, 0.25) is 0 Å². The van der Waals surface area contributed by atoms with Crippen LogP contribution in [-0.2, 0) is 0 Å². The number of aromatic nitrogens is 1. The summed E-state index contributed by atoms with van der Waals surface area (Å²) in [6.07, 6.45) is -1.11. The second-order valence-electron chi connectivity index (χ2n) is 2.60. The van der Waals surface area contributed by atoms with E-state index in [0.29, 0.717) is 5.69 Å². The minimum absolute atomic E-state index is 0.0303. The second kappa shape index (κ2) is 3.58. The van der Waals surface area contributed by atoms with Crippen LogP contribution in [0.1, 0.15) is 30.6 Å². The fourth-order valence-electron chi connectivity index (χ4n) is 0.850. The maximum atomic E-state index is 12.1. The molecule has 1 aromatic rings. The van der Waals surface area contributed by atoms with Crippen LogP contribution in [0, 0.1) is 0 Å². The molecule has 0 saturated heterocycles. The Balaban J connectivity index is 2.96. The molecule has 0 saturated carbocycles. The largest absolute Gasteiger partial charge is 0.323 e. The SMILES string of the molecule is C[C@@H](N)c1cc(C(F)F)ccn1. The Kier molecular flexibility index (Phi) is 2.70. The zero-order valence-corrected chi connectivity index (χ0v) is 6.67. The molecule has 1 aromatic heterocycles. The maximum absolute atomic E-state index is 12.1. The molecule has 12 heavy (non-hydrogen) atoms. The highest BCUT2D eigenvalue weighted by atomic mass is 19.3. The Hall–Kier alpha value is -1.03. The van der Waals surface area contributed by atoms with E-state index in [-0.39, 0.29) is 11.6 Å². The summed E-state index contributed by atoms with van der Waals surface area (Å²) in [4.78, 5) is 3.86. The van der Waals surface area contributed by atoms with Crippen LogP contribution >= 0.6 is 0 Å². The predicted octanol–water partition coefficient (Wildman–Crippen LogP) is 2.04. The molecule has 0 radical (unpaired) electrons. The normalized spacial score (nSPS) is 13.4. The predicted molar refractivity (Wildman–Crippen MR) is 41.8 cm³/mol. The molecule has 4 heteroatoms. The summed E-state index contributed by atoms with van der Waals surface area (Å²) in [5.74, 6) is 0. The van der Waals surface area contributed by atoms with Crippen LogP contribution in [0.25, 0.3) is 0 Å². The van der Waals surface area contributed by atoms with E-state index in [1.807, 2.05) is 0 Å². The molecule has 1 atom stereocenters. The molecular formula is C8H10F2N2. The Morgan fingerprint density at radius 3 is 2.67 bits per heavy atom. The van der Waals surface area contributed by atoms with Gasteiger partial charge in [-0.2, -0.15) is 0 Å². The highest BCUT2D eigenvalue weighted by Gasteiger charge is 2.09. The second-order valence-corrected chi connectivity index (χ2v) is 2.60. The molecule has 1 rings (SSSR count). The Labute approximate surface area is 69.4 Å². The molecule has 0 fully saturated rings. The van der Waals surface area contributed by atoms with Gasteiger partial charge in [0.1, 0.15) is 0 Å². The topological polar surface area (TPSA) is 38.9 Å². The smallest absolute Gasteiger partial charge is 0.263 e. The molecule has 0 spiro atoms. The van der Waals surface area contributed by atoms with E-state index in [1.165, 1.54) is 18.3 Å². The summed E-state index contributed by atoms with van der Waals surface area (Å²) in [5.41, 5.74) is 5.94. The van der Waals surface area contributed by atoms with Gasteiger partial charge in [-0.15, -0.1) is 0 Å². The maximum Gasteiger partial charge on any atom is 0.263 e. The van der Waals surface area contributed by atoms with Crippen LogP contribution in [0.3, 0.4) is 0 Å². The molecule has 2 nitrogen and oxygen atoms in total. The van der Waals surface area contributed by atoms with Gasteiger partial charge in [-0.3, -0.25) is 4.98 Å². The van der Waals surface area contributed by atoms with E-state index in [2.05, 4.69) is 4.98 Å². The molecule has 0 aromatic carbocycles. The van der Waals surface area contributed by atoms with Crippen molar-refractivity contribution in [1.29, 1.82) is 0 Å². The number of hydrogen-bond acceptors (Lipinski definition) is 2. The van der Waals surface area contributed by atoms with Gasteiger partial charge in [-0.25, -0.2) is 8.78 Å². The van der Waals surface area contributed by atoms with Gasteiger partial charge in [0.25, 0.3) is 6.43 Å². The first-order valence-electron chi connectivity index (χ1n) is 3.61. The lowest BCUT2D eigenvalue weighted by Crippen LogP contribution is -2.07. The summed E-state index contributed by atoms with van der Waals surface area (Å²) in [6.45, 7) is 1.71. The first-order valence-corrected chi connectivity index (χ1v) is 3.61. The van der Waals surface area contributed by atoms with E-state index >= 15 is 0 Å². The first-order chi connectivity index (χ1) is 5.61. The highest BCUT2D eigenvalue weighted by Crippen LogP contribution is 2.19. The van der Waals surface area contributed by atoms with Crippen molar-refractivity contribution in [2.24, 2.45) is 5.73 Å². The van der Waals surface area contributed by atoms with Gasteiger partial charge in [-0.05, 0) is 19.1 Å². The van der Waals surface area contributed by atoms with Crippen molar-refractivity contribution in [2.75, 3.05) is 0 Å². The van der Waals surface area contributed by atoms with Crippen molar-refractivity contribution in [3.8, 4) is 0 Å². The minimum Gasteiger partial charge on any atom is -0.323 e. The molecule has 0 unspecified atom stereocenters. The third-order valence-electron chi connectivity index (χ3n) is 1.52. The highest BCUT2D eigenvalue weighted by molar-refractivity contribution is 5.19. The first kappa shape index (κ1) is 9.06. The molecule has 66 valence electrons. The molecule has 0 aliphatic rings. The van der Waals surface area contributed by atoms with Crippen molar-refractivity contribution < 1.29 is 8.78 Å². The lowest BCUT2D eigenvalue weighted by Gasteiger charge is -2.05. The molecule has 0 aliphatic carbocycles. The fourth-order valence-corrected chi connectivity index (χ4v) is 0.850. The van der Waals surface area contributed by atoms with E-state index < -0.39 is 6.43 Å². The fraction of sp³-hybridized carbons (Fsp3) is 0.375. The summed E-state index contributed by atoms with van der Waals surface area (Å²) >= 11 is 0. The monoisotopic (exact) mass is 172 g/mol. The summed E-state index contributed by atoms with van der Waals surface area (Å²) in [7, 11) is 0. The van der Waals surface area contributed by atoms with Gasteiger partial charge in [0, 0.05) is 17.8 Å². The molecular weight excluding hydrogens is 162 g/mol. The Morgan fingerprint density at radius 2 is 2.17 bits per heavy atom. The number of pyridine rings is 1. The number of rotatable bonds is 2. The number of alkyl halides is 2. The van der Waals surface area contributed by atoms with Gasteiger partial charge >= 0.3 is 0 Å². The van der Waals surface area contributed by atoms with E-state index in [0.717, 1.165) is 0 Å². The minimum atomic E-state index is -2.45. The summed E-state index contributed by atoms with van der Waals surface area (Å²) in [6, 6.07) is 2.31.